The number of fused-ring (bicyclic) bond motifs is 1. The van der Waals surface area contributed by atoms with Crippen LogP contribution in [0.2, 0.25) is 0 Å². The van der Waals surface area contributed by atoms with Crippen molar-refractivity contribution in [3.8, 4) is 6.07 Å². The SMILES string of the molecule is CCN(CC)C(=O)c1cnc2c(c1)nc(NC(=O)c1cccc(C#N)c1)n2CCCOC. The molecule has 0 atom stereocenters. The maximum Gasteiger partial charge on any atom is 0.258 e. The third kappa shape index (κ3) is 4.92. The smallest absolute Gasteiger partial charge is 0.258 e. The van der Waals surface area contributed by atoms with E-state index in [1.54, 1.807) is 47.0 Å². The van der Waals surface area contributed by atoms with Gasteiger partial charge in [-0.25, -0.2) is 9.97 Å². The molecule has 9 heteroatoms. The summed E-state index contributed by atoms with van der Waals surface area (Å²) in [5, 5.41) is 11.9. The van der Waals surface area contributed by atoms with Crippen LogP contribution < -0.4 is 5.32 Å². The number of benzene rings is 1. The largest absolute Gasteiger partial charge is 0.385 e. The van der Waals surface area contributed by atoms with Crippen LogP contribution in [0.3, 0.4) is 0 Å². The van der Waals surface area contributed by atoms with E-state index in [1.165, 1.54) is 6.07 Å². The first-order valence-corrected chi connectivity index (χ1v) is 10.5. The number of nitriles is 1. The lowest BCUT2D eigenvalue weighted by Crippen LogP contribution is -2.30. The van der Waals surface area contributed by atoms with Crippen molar-refractivity contribution in [3.63, 3.8) is 0 Å². The van der Waals surface area contributed by atoms with Crippen LogP contribution in [0, 0.1) is 11.3 Å². The summed E-state index contributed by atoms with van der Waals surface area (Å²) in [7, 11) is 1.63. The first-order valence-electron chi connectivity index (χ1n) is 10.5. The van der Waals surface area contributed by atoms with Crippen molar-refractivity contribution in [2.75, 3.05) is 32.1 Å². The molecule has 0 aliphatic heterocycles. The van der Waals surface area contributed by atoms with Gasteiger partial charge in [0.1, 0.15) is 5.52 Å². The van der Waals surface area contributed by atoms with E-state index in [1.807, 2.05) is 19.9 Å². The number of imidazole rings is 1. The molecule has 1 N–H and O–H groups in total. The normalized spacial score (nSPS) is 10.7. The van der Waals surface area contributed by atoms with E-state index in [4.69, 9.17) is 10.00 Å². The van der Waals surface area contributed by atoms with Gasteiger partial charge in [-0.05, 0) is 44.5 Å². The molecule has 3 aromatic rings. The number of anilines is 1. The molecule has 0 fully saturated rings. The first kappa shape index (κ1) is 22.9. The van der Waals surface area contributed by atoms with Gasteiger partial charge in [-0.1, -0.05) is 6.07 Å². The Morgan fingerprint density at radius 3 is 2.69 bits per heavy atom. The number of nitrogens with zero attached hydrogens (tertiary/aromatic N) is 5. The zero-order valence-corrected chi connectivity index (χ0v) is 18.5. The van der Waals surface area contributed by atoms with E-state index >= 15 is 0 Å². The van der Waals surface area contributed by atoms with Crippen LogP contribution in [0.15, 0.2) is 36.5 Å². The Hall–Kier alpha value is -3.77. The number of pyridine rings is 1. The lowest BCUT2D eigenvalue weighted by Gasteiger charge is -2.18. The molecule has 9 nitrogen and oxygen atoms in total. The Balaban J connectivity index is 1.97. The number of aromatic nitrogens is 3. The summed E-state index contributed by atoms with van der Waals surface area (Å²) in [5.41, 5.74) is 2.28. The van der Waals surface area contributed by atoms with E-state index in [9.17, 15) is 9.59 Å². The van der Waals surface area contributed by atoms with Gasteiger partial charge in [-0.3, -0.25) is 19.5 Å². The van der Waals surface area contributed by atoms with Crippen LogP contribution in [0.4, 0.5) is 5.95 Å². The van der Waals surface area contributed by atoms with Gasteiger partial charge in [0, 0.05) is 45.1 Å². The van der Waals surface area contributed by atoms with Crippen molar-refractivity contribution in [3.05, 3.63) is 53.2 Å². The van der Waals surface area contributed by atoms with E-state index in [2.05, 4.69) is 15.3 Å². The van der Waals surface area contributed by atoms with Crippen molar-refractivity contribution in [1.29, 1.82) is 5.26 Å². The fraction of sp³-hybridized carbons (Fsp3) is 0.348. The van der Waals surface area contributed by atoms with Gasteiger partial charge in [0.25, 0.3) is 11.8 Å². The number of methoxy groups -OCH3 is 1. The number of aryl methyl sites for hydroxylation is 1. The lowest BCUT2D eigenvalue weighted by molar-refractivity contribution is 0.0772. The molecule has 0 unspecified atom stereocenters. The number of hydrogen-bond acceptors (Lipinski definition) is 6. The van der Waals surface area contributed by atoms with Gasteiger partial charge < -0.3 is 9.64 Å². The third-order valence-corrected chi connectivity index (χ3v) is 5.09. The standard InChI is InChI=1S/C23H26N6O3/c1-4-28(5-2)22(31)18-13-19-20(25-15-18)29(10-7-11-32-3)23(26-19)27-21(30)17-9-6-8-16(12-17)14-24/h6,8-9,12-13,15H,4-5,7,10-11H2,1-3H3,(H,26,27,30). The van der Waals surface area contributed by atoms with Crippen LogP contribution in [0.1, 0.15) is 46.5 Å². The predicted molar refractivity (Wildman–Crippen MR) is 120 cm³/mol. The molecule has 2 aromatic heterocycles. The molecule has 166 valence electrons. The van der Waals surface area contributed by atoms with Crippen LogP contribution >= 0.6 is 0 Å². The number of ether oxygens (including phenoxy) is 1. The predicted octanol–water partition coefficient (Wildman–Crippen LogP) is 3.07. The monoisotopic (exact) mass is 434 g/mol. The molecule has 0 spiro atoms. The average Bonchev–Trinajstić information content (AvgIpc) is 3.16. The number of hydrogen-bond donors (Lipinski definition) is 1. The molecule has 0 aliphatic rings. The minimum absolute atomic E-state index is 0.114. The highest BCUT2D eigenvalue weighted by Gasteiger charge is 2.19. The maximum atomic E-state index is 12.8. The topological polar surface area (TPSA) is 113 Å². The third-order valence-electron chi connectivity index (χ3n) is 5.09. The van der Waals surface area contributed by atoms with Crippen LogP contribution in [0.25, 0.3) is 11.2 Å². The molecule has 0 bridgehead atoms. The van der Waals surface area contributed by atoms with Gasteiger partial charge in [0.05, 0.1) is 17.2 Å². The minimum Gasteiger partial charge on any atom is -0.385 e. The molecule has 2 heterocycles. The Morgan fingerprint density at radius 2 is 2.00 bits per heavy atom. The molecule has 2 amide bonds. The summed E-state index contributed by atoms with van der Waals surface area (Å²) in [4.78, 5) is 36.3. The maximum absolute atomic E-state index is 12.8. The second-order valence-corrected chi connectivity index (χ2v) is 7.12. The Bertz CT molecular complexity index is 1160. The Kier molecular flexibility index (Phi) is 7.52. The van der Waals surface area contributed by atoms with Crippen molar-refractivity contribution >= 4 is 28.9 Å². The molecule has 0 radical (unpaired) electrons. The van der Waals surface area contributed by atoms with Crippen LogP contribution in [-0.4, -0.2) is 58.1 Å². The second kappa shape index (κ2) is 10.5. The molecule has 32 heavy (non-hydrogen) atoms. The minimum atomic E-state index is -0.384. The number of amides is 2. The van der Waals surface area contributed by atoms with Gasteiger partial charge in [-0.15, -0.1) is 0 Å². The van der Waals surface area contributed by atoms with Crippen LogP contribution in [-0.2, 0) is 11.3 Å². The zero-order chi connectivity index (χ0) is 23.1. The van der Waals surface area contributed by atoms with Crippen molar-refractivity contribution in [1.82, 2.24) is 19.4 Å². The molecule has 0 saturated carbocycles. The molecule has 3 rings (SSSR count). The number of nitrogens with one attached hydrogen (secondary N) is 1. The highest BCUT2D eigenvalue weighted by atomic mass is 16.5. The molecular weight excluding hydrogens is 408 g/mol. The molecule has 0 saturated heterocycles. The van der Waals surface area contributed by atoms with Crippen LogP contribution in [0.5, 0.6) is 0 Å². The van der Waals surface area contributed by atoms with Gasteiger partial charge in [0.15, 0.2) is 5.65 Å². The van der Waals surface area contributed by atoms with Crippen molar-refractivity contribution in [2.45, 2.75) is 26.8 Å². The van der Waals surface area contributed by atoms with Gasteiger partial charge in [0.2, 0.25) is 5.95 Å². The zero-order valence-electron chi connectivity index (χ0n) is 18.5. The fourth-order valence-corrected chi connectivity index (χ4v) is 3.40. The quantitative estimate of drug-likeness (QED) is 0.518. The van der Waals surface area contributed by atoms with E-state index in [-0.39, 0.29) is 11.8 Å². The second-order valence-electron chi connectivity index (χ2n) is 7.12. The summed E-state index contributed by atoms with van der Waals surface area (Å²) in [6, 6.07) is 10.2. The summed E-state index contributed by atoms with van der Waals surface area (Å²) in [6.07, 6.45) is 2.23. The Morgan fingerprint density at radius 1 is 1.22 bits per heavy atom. The number of rotatable bonds is 9. The van der Waals surface area contributed by atoms with E-state index in [0.29, 0.717) is 66.5 Å². The highest BCUT2D eigenvalue weighted by Crippen LogP contribution is 2.21. The fourth-order valence-electron chi connectivity index (χ4n) is 3.40. The van der Waals surface area contributed by atoms with E-state index < -0.39 is 0 Å². The summed E-state index contributed by atoms with van der Waals surface area (Å²) >= 11 is 0. The molecular formula is C23H26N6O3. The average molecular weight is 435 g/mol. The van der Waals surface area contributed by atoms with Gasteiger partial charge >= 0.3 is 0 Å². The number of carbonyl (C=O) groups is 2. The van der Waals surface area contributed by atoms with Crippen molar-refractivity contribution < 1.29 is 14.3 Å². The first-order chi connectivity index (χ1) is 15.5. The van der Waals surface area contributed by atoms with Crippen molar-refractivity contribution in [2.24, 2.45) is 0 Å². The molecule has 0 aliphatic carbocycles. The highest BCUT2D eigenvalue weighted by molar-refractivity contribution is 6.04. The summed E-state index contributed by atoms with van der Waals surface area (Å²) in [5.74, 6) is -0.175. The summed E-state index contributed by atoms with van der Waals surface area (Å²) < 4.78 is 6.95. The molecule has 1 aromatic carbocycles. The number of carbonyl (C=O) groups excluding carboxylic acids is 2. The summed E-state index contributed by atoms with van der Waals surface area (Å²) in [6.45, 7) is 6.10. The van der Waals surface area contributed by atoms with Gasteiger partial charge in [-0.2, -0.15) is 5.26 Å². The lowest BCUT2D eigenvalue weighted by atomic mass is 10.1. The van der Waals surface area contributed by atoms with E-state index in [0.717, 1.165) is 0 Å². The Labute approximate surface area is 186 Å².